The van der Waals surface area contributed by atoms with Gasteiger partial charge in [0.2, 0.25) is 17.8 Å². The lowest BCUT2D eigenvalue weighted by Crippen LogP contribution is -2.52. The first kappa shape index (κ1) is 33.0. The van der Waals surface area contributed by atoms with Crippen molar-refractivity contribution in [3.8, 4) is 11.4 Å². The number of carbonyl (C=O) groups is 2. The summed E-state index contributed by atoms with van der Waals surface area (Å²) < 4.78 is 7.32. The zero-order valence-electron chi connectivity index (χ0n) is 29.4. The molecule has 51 heavy (non-hydrogen) atoms. The third kappa shape index (κ3) is 6.45. The minimum atomic E-state index is -0.346. The molecule has 4 bridgehead atoms. The Bertz CT molecular complexity index is 2050. The molecule has 0 spiro atoms. The summed E-state index contributed by atoms with van der Waals surface area (Å²) in [5.74, 6) is 3.50. The van der Waals surface area contributed by atoms with E-state index in [1.165, 1.54) is 49.2 Å². The Morgan fingerprint density at radius 2 is 1.71 bits per heavy atom. The number of piperazine rings is 1. The summed E-state index contributed by atoms with van der Waals surface area (Å²) in [5, 5.41) is 6.76. The Kier molecular flexibility index (Phi) is 8.52. The number of fused-ring (bicyclic) bond motifs is 1. The van der Waals surface area contributed by atoms with Crippen molar-refractivity contribution in [3.63, 3.8) is 0 Å². The Hall–Kier alpha value is -5.19. The molecule has 3 heterocycles. The summed E-state index contributed by atoms with van der Waals surface area (Å²) in [6, 6.07) is 14.5. The van der Waals surface area contributed by atoms with Gasteiger partial charge in [-0.3, -0.25) is 19.0 Å². The van der Waals surface area contributed by atoms with Gasteiger partial charge in [0, 0.05) is 67.7 Å². The largest absolute Gasteiger partial charge is 0.494 e. The first-order valence-electron chi connectivity index (χ1n) is 18.1. The van der Waals surface area contributed by atoms with E-state index in [1.54, 1.807) is 43.6 Å². The minimum absolute atomic E-state index is 0.256. The first-order valence-corrected chi connectivity index (χ1v) is 18.1. The van der Waals surface area contributed by atoms with Gasteiger partial charge in [0.05, 0.1) is 18.5 Å². The summed E-state index contributed by atoms with van der Waals surface area (Å²) >= 11 is 0. The van der Waals surface area contributed by atoms with Crippen LogP contribution in [0.4, 0.5) is 23.0 Å². The maximum Gasteiger partial charge on any atom is 0.257 e. The van der Waals surface area contributed by atoms with Crippen molar-refractivity contribution in [2.45, 2.75) is 51.9 Å². The van der Waals surface area contributed by atoms with Crippen LogP contribution in [-0.4, -0.2) is 64.5 Å². The van der Waals surface area contributed by atoms with Crippen molar-refractivity contribution in [1.29, 1.82) is 0 Å². The van der Waals surface area contributed by atoms with Gasteiger partial charge in [0.15, 0.2) is 5.65 Å². The van der Waals surface area contributed by atoms with Crippen LogP contribution in [0.5, 0.6) is 5.75 Å². The molecular weight excluding hydrogens is 642 g/mol. The van der Waals surface area contributed by atoms with E-state index in [2.05, 4.69) is 32.0 Å². The Morgan fingerprint density at radius 1 is 0.980 bits per heavy atom. The van der Waals surface area contributed by atoms with Gasteiger partial charge in [-0.15, -0.1) is 0 Å². The van der Waals surface area contributed by atoms with Crippen molar-refractivity contribution >= 4 is 45.9 Å². The molecule has 9 rings (SSSR count). The molecule has 4 aliphatic carbocycles. The van der Waals surface area contributed by atoms with Crippen molar-refractivity contribution in [1.82, 2.24) is 19.4 Å². The van der Waals surface area contributed by atoms with E-state index in [0.717, 1.165) is 67.0 Å². The fourth-order valence-electron chi connectivity index (χ4n) is 9.73. The van der Waals surface area contributed by atoms with Crippen LogP contribution in [0.25, 0.3) is 16.7 Å². The highest BCUT2D eigenvalue weighted by Gasteiger charge is 2.51. The number of carbonyl (C=O) groups excluding carboxylic acids is 2. The monoisotopic (exact) mass is 687 g/mol. The average molecular weight is 688 g/mol. The summed E-state index contributed by atoms with van der Waals surface area (Å²) in [4.78, 5) is 52.6. The molecule has 11 nitrogen and oxygen atoms in total. The van der Waals surface area contributed by atoms with Crippen molar-refractivity contribution in [2.24, 2.45) is 23.2 Å². The van der Waals surface area contributed by atoms with E-state index in [9.17, 15) is 14.4 Å². The van der Waals surface area contributed by atoms with Crippen LogP contribution in [0.2, 0.25) is 0 Å². The fourth-order valence-corrected chi connectivity index (χ4v) is 9.73. The molecule has 4 saturated carbocycles. The number of benzene rings is 2. The zero-order valence-corrected chi connectivity index (χ0v) is 29.4. The van der Waals surface area contributed by atoms with E-state index < -0.39 is 0 Å². The topological polar surface area (TPSA) is 122 Å². The Labute approximate surface area is 297 Å². The quantitative estimate of drug-likeness (QED) is 0.199. The lowest BCUT2D eigenvalue weighted by Gasteiger charge is -2.57. The number of hydrogen-bond donors (Lipinski definition) is 2. The number of nitrogens with zero attached hydrogens (tertiary/aromatic N) is 5. The maximum absolute atomic E-state index is 13.6. The summed E-state index contributed by atoms with van der Waals surface area (Å²) in [6.45, 7) is 8.35. The number of rotatable bonds is 9. The van der Waals surface area contributed by atoms with Crippen molar-refractivity contribution in [2.75, 3.05) is 48.8 Å². The third-order valence-corrected chi connectivity index (χ3v) is 11.6. The number of nitrogens with one attached hydrogen (secondary N) is 2. The molecule has 5 fully saturated rings. The fraction of sp³-hybridized carbons (Fsp3) is 0.425. The van der Waals surface area contributed by atoms with Gasteiger partial charge in [0.1, 0.15) is 5.75 Å². The Morgan fingerprint density at radius 3 is 2.39 bits per heavy atom. The highest BCUT2D eigenvalue weighted by Crippen LogP contribution is 2.61. The van der Waals surface area contributed by atoms with Crippen LogP contribution in [0, 0.1) is 30.1 Å². The second kappa shape index (κ2) is 13.2. The number of amides is 2. The van der Waals surface area contributed by atoms with Crippen LogP contribution in [0.3, 0.4) is 0 Å². The molecule has 2 aromatic carbocycles. The summed E-state index contributed by atoms with van der Waals surface area (Å²) in [7, 11) is 1.63. The molecule has 4 aromatic rings. The van der Waals surface area contributed by atoms with Gasteiger partial charge in [0.25, 0.3) is 5.56 Å². The highest BCUT2D eigenvalue weighted by atomic mass is 16.5. The highest BCUT2D eigenvalue weighted by molar-refractivity contribution is 5.99. The van der Waals surface area contributed by atoms with Crippen LogP contribution < -0.4 is 25.8 Å². The van der Waals surface area contributed by atoms with Gasteiger partial charge < -0.3 is 25.2 Å². The number of ether oxygens (including phenoxy) is 1. The van der Waals surface area contributed by atoms with Gasteiger partial charge in [-0.25, -0.2) is 4.98 Å². The number of aromatic nitrogens is 3. The van der Waals surface area contributed by atoms with E-state index in [-0.39, 0.29) is 16.9 Å². The predicted octanol–water partition coefficient (Wildman–Crippen LogP) is 6.22. The number of hydrogen-bond acceptors (Lipinski definition) is 8. The lowest BCUT2D eigenvalue weighted by molar-refractivity contribution is -0.139. The van der Waals surface area contributed by atoms with Gasteiger partial charge in [-0.05, 0) is 111 Å². The molecule has 2 N–H and O–H groups in total. The summed E-state index contributed by atoms with van der Waals surface area (Å²) in [5.41, 5.74) is 3.97. The second-order valence-corrected chi connectivity index (χ2v) is 15.1. The SMILES string of the molecule is C=CC(=O)Nc1cccc(-n2c(=O)cc(C)c3cnc(Nc4ccc(N5CCN(C(=O)CC67CC8CC(CC(C8)C6)C7)CC5)cc4OC)nc32)c1. The molecule has 264 valence electrons. The molecular formula is C40H45N7O4. The number of methoxy groups -OCH3 is 1. The van der Waals surface area contributed by atoms with Gasteiger partial charge in [-0.1, -0.05) is 12.6 Å². The molecule has 0 unspecified atom stereocenters. The molecule has 0 radical (unpaired) electrons. The molecule has 5 aliphatic rings. The molecule has 11 heteroatoms. The summed E-state index contributed by atoms with van der Waals surface area (Å²) in [6.07, 6.45) is 11.6. The number of anilines is 4. The Balaban J connectivity index is 0.973. The van der Waals surface area contributed by atoms with E-state index >= 15 is 0 Å². The third-order valence-electron chi connectivity index (χ3n) is 11.6. The lowest BCUT2D eigenvalue weighted by atomic mass is 9.49. The standard InChI is InChI=1S/C40H45N7O4/c1-4-35(48)42-29-6-5-7-31(18-29)47-36(49)14-25(2)32-24-41-39(44-38(32)47)43-33-9-8-30(19-34(33)51-3)45-10-12-46(13-11-45)37(50)23-40-20-26-15-27(21-40)17-28(16-26)22-40/h4-9,14,18-19,24,26-28H,1,10-13,15-17,20-23H2,2-3H3,(H,42,48)(H,41,43,44). The van der Waals surface area contributed by atoms with E-state index in [1.807, 2.05) is 25.1 Å². The zero-order chi connectivity index (χ0) is 35.3. The number of pyridine rings is 1. The van der Waals surface area contributed by atoms with E-state index in [0.29, 0.717) is 40.3 Å². The van der Waals surface area contributed by atoms with Crippen LogP contribution in [0.1, 0.15) is 50.5 Å². The minimum Gasteiger partial charge on any atom is -0.494 e. The van der Waals surface area contributed by atoms with E-state index in [4.69, 9.17) is 9.72 Å². The molecule has 2 aromatic heterocycles. The van der Waals surface area contributed by atoms with Crippen LogP contribution >= 0.6 is 0 Å². The molecule has 2 amide bonds. The normalized spacial score (nSPS) is 23.7. The van der Waals surface area contributed by atoms with Gasteiger partial charge in [-0.2, -0.15) is 4.98 Å². The smallest absolute Gasteiger partial charge is 0.257 e. The van der Waals surface area contributed by atoms with Crippen molar-refractivity contribution < 1.29 is 14.3 Å². The van der Waals surface area contributed by atoms with Crippen molar-refractivity contribution in [3.05, 3.63) is 83.3 Å². The van der Waals surface area contributed by atoms with Crippen LogP contribution in [0.15, 0.2) is 72.2 Å². The van der Waals surface area contributed by atoms with Crippen LogP contribution in [-0.2, 0) is 9.59 Å². The number of aryl methyl sites for hydroxylation is 1. The molecule has 0 atom stereocenters. The predicted molar refractivity (Wildman–Crippen MR) is 199 cm³/mol. The first-order chi connectivity index (χ1) is 24.7. The average Bonchev–Trinajstić information content (AvgIpc) is 3.11. The van der Waals surface area contributed by atoms with Gasteiger partial charge >= 0.3 is 0 Å². The molecule has 1 saturated heterocycles. The maximum atomic E-state index is 13.6. The molecule has 1 aliphatic heterocycles. The second-order valence-electron chi connectivity index (χ2n) is 15.1.